The van der Waals surface area contributed by atoms with Gasteiger partial charge in [-0.05, 0) is 27.9 Å². The normalized spacial score (nSPS) is 14.7. The lowest BCUT2D eigenvalue weighted by atomic mass is 10.1. The number of likely N-dealkylation sites (N-methyl/N-ethyl adjacent to an activating group) is 1. The van der Waals surface area contributed by atoms with Crippen molar-refractivity contribution in [2.24, 2.45) is 0 Å². The van der Waals surface area contributed by atoms with Crippen LogP contribution in [0.2, 0.25) is 0 Å². The molecule has 1 unspecified atom stereocenters. The summed E-state index contributed by atoms with van der Waals surface area (Å²) in [5, 5.41) is 13.2. The molecule has 1 rings (SSSR count). The summed E-state index contributed by atoms with van der Waals surface area (Å²) in [5.74, 6) is 0.891. The van der Waals surface area contributed by atoms with Crippen LogP contribution < -0.4 is 11.1 Å². The van der Waals surface area contributed by atoms with Crippen molar-refractivity contribution >= 4 is 11.8 Å². The third-order valence-electron chi connectivity index (χ3n) is 2.28. The Hall–Kier alpha value is -1.40. The summed E-state index contributed by atoms with van der Waals surface area (Å²) in [6, 6.07) is 0. The molecule has 0 aromatic carbocycles. The number of nitrogen functional groups attached to an aromatic ring is 1. The van der Waals surface area contributed by atoms with Crippen molar-refractivity contribution in [1.82, 2.24) is 14.9 Å². The molecule has 4 N–H and O–H groups in total. The van der Waals surface area contributed by atoms with E-state index < -0.39 is 5.60 Å². The third-order valence-corrected chi connectivity index (χ3v) is 2.28. The predicted molar refractivity (Wildman–Crippen MR) is 68.8 cm³/mol. The van der Waals surface area contributed by atoms with Crippen LogP contribution in [0.25, 0.3) is 0 Å². The lowest BCUT2D eigenvalue weighted by Crippen LogP contribution is -2.43. The number of aryl methyl sites for hydroxylation is 1. The molecular weight excluding hydrogens is 218 g/mol. The van der Waals surface area contributed by atoms with E-state index >= 15 is 0 Å². The van der Waals surface area contributed by atoms with Gasteiger partial charge in [-0.25, -0.2) is 4.98 Å². The van der Waals surface area contributed by atoms with Gasteiger partial charge < -0.3 is 21.1 Å². The van der Waals surface area contributed by atoms with Gasteiger partial charge in [0.25, 0.3) is 0 Å². The fourth-order valence-corrected chi connectivity index (χ4v) is 1.65. The first-order chi connectivity index (χ1) is 7.80. The highest BCUT2D eigenvalue weighted by atomic mass is 16.3. The van der Waals surface area contributed by atoms with Crippen LogP contribution in [-0.4, -0.2) is 52.8 Å². The van der Waals surface area contributed by atoms with E-state index in [0.717, 1.165) is 5.56 Å². The van der Waals surface area contributed by atoms with Crippen molar-refractivity contribution in [3.63, 3.8) is 0 Å². The Morgan fingerprint density at radius 1 is 1.53 bits per heavy atom. The molecule has 0 aliphatic rings. The lowest BCUT2D eigenvalue weighted by Gasteiger charge is -2.27. The monoisotopic (exact) mass is 239 g/mol. The molecule has 1 aromatic rings. The molecule has 0 fully saturated rings. The molecule has 0 aliphatic heterocycles. The molecule has 6 nitrogen and oxygen atoms in total. The molecule has 0 aliphatic carbocycles. The minimum atomic E-state index is -0.824. The summed E-state index contributed by atoms with van der Waals surface area (Å²) in [6.07, 6.45) is 1.66. The summed E-state index contributed by atoms with van der Waals surface area (Å²) in [7, 11) is 3.84. The zero-order chi connectivity index (χ0) is 13.1. The van der Waals surface area contributed by atoms with Crippen LogP contribution in [0, 0.1) is 6.92 Å². The quantitative estimate of drug-likeness (QED) is 0.675. The minimum Gasteiger partial charge on any atom is -0.387 e. The van der Waals surface area contributed by atoms with E-state index in [1.165, 1.54) is 0 Å². The maximum atomic E-state index is 10.1. The van der Waals surface area contributed by atoms with Crippen molar-refractivity contribution in [3.8, 4) is 0 Å². The molecule has 17 heavy (non-hydrogen) atoms. The summed E-state index contributed by atoms with van der Waals surface area (Å²) >= 11 is 0. The molecule has 1 atom stereocenters. The van der Waals surface area contributed by atoms with Gasteiger partial charge in [0.2, 0.25) is 5.95 Å². The van der Waals surface area contributed by atoms with E-state index in [4.69, 9.17) is 5.73 Å². The van der Waals surface area contributed by atoms with Crippen LogP contribution in [-0.2, 0) is 0 Å². The van der Waals surface area contributed by atoms with E-state index in [-0.39, 0.29) is 5.95 Å². The molecule has 0 amide bonds. The maximum Gasteiger partial charge on any atom is 0.221 e. The van der Waals surface area contributed by atoms with Crippen molar-refractivity contribution < 1.29 is 5.11 Å². The second kappa shape index (κ2) is 5.29. The second-order valence-electron chi connectivity index (χ2n) is 4.85. The van der Waals surface area contributed by atoms with Crippen molar-refractivity contribution in [2.75, 3.05) is 38.2 Å². The van der Waals surface area contributed by atoms with E-state index in [9.17, 15) is 5.11 Å². The number of hydrogen-bond acceptors (Lipinski definition) is 6. The minimum absolute atomic E-state index is 0.227. The molecule has 96 valence electrons. The standard InChI is InChI=1S/C11H21N5O/c1-8-5-13-10(12)15-9(8)14-6-11(2,17)7-16(3)4/h5,17H,6-7H2,1-4H3,(H3,12,13,14,15). The highest BCUT2D eigenvalue weighted by molar-refractivity contribution is 5.45. The average Bonchev–Trinajstić information content (AvgIpc) is 2.17. The van der Waals surface area contributed by atoms with Crippen LogP contribution in [0.5, 0.6) is 0 Å². The van der Waals surface area contributed by atoms with Crippen LogP contribution in [0.15, 0.2) is 6.20 Å². The van der Waals surface area contributed by atoms with Gasteiger partial charge >= 0.3 is 0 Å². The Balaban J connectivity index is 2.63. The Kier molecular flexibility index (Phi) is 4.25. The van der Waals surface area contributed by atoms with E-state index in [2.05, 4.69) is 15.3 Å². The predicted octanol–water partition coefficient (Wildman–Crippen LogP) is 0.0917. The summed E-state index contributed by atoms with van der Waals surface area (Å²) in [6.45, 7) is 4.64. The molecule has 0 saturated heterocycles. The van der Waals surface area contributed by atoms with Crippen molar-refractivity contribution in [3.05, 3.63) is 11.8 Å². The highest BCUT2D eigenvalue weighted by Gasteiger charge is 2.21. The number of rotatable bonds is 5. The lowest BCUT2D eigenvalue weighted by molar-refractivity contribution is 0.0459. The second-order valence-corrected chi connectivity index (χ2v) is 4.85. The Labute approximate surface area is 102 Å². The van der Waals surface area contributed by atoms with Gasteiger partial charge in [-0.15, -0.1) is 0 Å². The average molecular weight is 239 g/mol. The molecule has 0 bridgehead atoms. The van der Waals surface area contributed by atoms with Crippen LogP contribution in [0.1, 0.15) is 12.5 Å². The molecule has 0 spiro atoms. The van der Waals surface area contributed by atoms with Gasteiger partial charge in [0.05, 0.1) is 5.60 Å². The number of anilines is 2. The van der Waals surface area contributed by atoms with Gasteiger partial charge in [0, 0.05) is 24.8 Å². The molecule has 6 heteroatoms. The fourth-order valence-electron chi connectivity index (χ4n) is 1.65. The molecule has 0 saturated carbocycles. The van der Waals surface area contributed by atoms with Gasteiger partial charge in [-0.2, -0.15) is 4.98 Å². The first-order valence-electron chi connectivity index (χ1n) is 5.50. The molecule has 0 radical (unpaired) electrons. The van der Waals surface area contributed by atoms with Crippen LogP contribution in [0.3, 0.4) is 0 Å². The van der Waals surface area contributed by atoms with Gasteiger partial charge in [-0.3, -0.25) is 0 Å². The maximum absolute atomic E-state index is 10.1. The number of nitrogens with zero attached hydrogens (tertiary/aromatic N) is 3. The van der Waals surface area contributed by atoms with Crippen molar-refractivity contribution in [2.45, 2.75) is 19.4 Å². The largest absolute Gasteiger partial charge is 0.387 e. The molecule has 1 heterocycles. The number of nitrogens with one attached hydrogen (secondary N) is 1. The Bertz CT molecular complexity index is 378. The SMILES string of the molecule is Cc1cnc(N)nc1NCC(C)(O)CN(C)C. The molecular formula is C11H21N5O. The van der Waals surface area contributed by atoms with Gasteiger partial charge in [0.15, 0.2) is 0 Å². The number of hydrogen-bond donors (Lipinski definition) is 3. The zero-order valence-corrected chi connectivity index (χ0v) is 10.9. The van der Waals surface area contributed by atoms with E-state index in [1.54, 1.807) is 13.1 Å². The summed E-state index contributed by atoms with van der Waals surface area (Å²) in [4.78, 5) is 9.91. The van der Waals surface area contributed by atoms with Gasteiger partial charge in [0.1, 0.15) is 5.82 Å². The van der Waals surface area contributed by atoms with Gasteiger partial charge in [-0.1, -0.05) is 0 Å². The Morgan fingerprint density at radius 3 is 2.76 bits per heavy atom. The van der Waals surface area contributed by atoms with Crippen LogP contribution in [0.4, 0.5) is 11.8 Å². The molecule has 1 aromatic heterocycles. The summed E-state index contributed by atoms with van der Waals surface area (Å²) in [5.41, 5.74) is 5.59. The van der Waals surface area contributed by atoms with E-state index in [0.29, 0.717) is 18.9 Å². The zero-order valence-electron chi connectivity index (χ0n) is 10.9. The van der Waals surface area contributed by atoms with Crippen LogP contribution >= 0.6 is 0 Å². The van der Waals surface area contributed by atoms with E-state index in [1.807, 2.05) is 25.9 Å². The highest BCUT2D eigenvalue weighted by Crippen LogP contribution is 2.13. The summed E-state index contributed by atoms with van der Waals surface area (Å²) < 4.78 is 0. The smallest absolute Gasteiger partial charge is 0.221 e. The number of aromatic nitrogens is 2. The number of nitrogens with two attached hydrogens (primary N) is 1. The fraction of sp³-hybridized carbons (Fsp3) is 0.636. The number of aliphatic hydroxyl groups is 1. The topological polar surface area (TPSA) is 87.3 Å². The third kappa shape index (κ3) is 4.54. The van der Waals surface area contributed by atoms with Crippen molar-refractivity contribution in [1.29, 1.82) is 0 Å². The first kappa shape index (κ1) is 13.7. The first-order valence-corrected chi connectivity index (χ1v) is 5.50. The Morgan fingerprint density at radius 2 is 2.18 bits per heavy atom.